The van der Waals surface area contributed by atoms with Gasteiger partial charge in [0, 0.05) is 12.0 Å². The van der Waals surface area contributed by atoms with E-state index in [2.05, 4.69) is 15.5 Å². The summed E-state index contributed by atoms with van der Waals surface area (Å²) in [6, 6.07) is 0.0761. The van der Waals surface area contributed by atoms with Gasteiger partial charge in [-0.2, -0.15) is 5.10 Å². The van der Waals surface area contributed by atoms with Crippen LogP contribution in [0.4, 0.5) is 0 Å². The maximum Gasteiger partial charge on any atom is 0.306 e. The first-order chi connectivity index (χ1) is 11.1. The molecule has 2 aliphatic rings. The summed E-state index contributed by atoms with van der Waals surface area (Å²) in [6.07, 6.45) is 10.3. The first-order valence-electron chi connectivity index (χ1n) is 8.72. The Bertz CT molecular complexity index is 555. The topological polar surface area (TPSA) is 95.1 Å². The molecule has 3 N–H and O–H groups in total. The lowest BCUT2D eigenvalue weighted by Gasteiger charge is -2.27. The summed E-state index contributed by atoms with van der Waals surface area (Å²) >= 11 is 0. The number of rotatable bonds is 4. The summed E-state index contributed by atoms with van der Waals surface area (Å²) in [6.45, 7) is 0. The average molecular weight is 319 g/mol. The second-order valence-corrected chi connectivity index (χ2v) is 6.89. The Hall–Kier alpha value is -1.85. The minimum Gasteiger partial charge on any atom is -0.481 e. The molecule has 1 aromatic heterocycles. The van der Waals surface area contributed by atoms with Crippen molar-refractivity contribution in [1.29, 1.82) is 0 Å². The van der Waals surface area contributed by atoms with E-state index in [0.29, 0.717) is 24.3 Å². The number of carboxylic acids is 1. The molecule has 0 aromatic carbocycles. The van der Waals surface area contributed by atoms with Gasteiger partial charge in [-0.05, 0) is 38.5 Å². The molecule has 0 radical (unpaired) electrons. The van der Waals surface area contributed by atoms with Crippen molar-refractivity contribution in [1.82, 2.24) is 15.5 Å². The number of carboxylic acid groups (broad SMARTS) is 1. The molecular formula is C17H25N3O3. The van der Waals surface area contributed by atoms with Crippen LogP contribution in [0.25, 0.3) is 0 Å². The molecule has 0 saturated heterocycles. The summed E-state index contributed by atoms with van der Waals surface area (Å²) in [5.74, 6) is -0.632. The molecule has 1 heterocycles. The third kappa shape index (κ3) is 3.74. The molecule has 0 unspecified atom stereocenters. The van der Waals surface area contributed by atoms with Crippen LogP contribution in [0.2, 0.25) is 0 Å². The van der Waals surface area contributed by atoms with Gasteiger partial charge in [0.25, 0.3) is 5.91 Å². The van der Waals surface area contributed by atoms with Gasteiger partial charge in [0.1, 0.15) is 0 Å². The Kier molecular flexibility index (Phi) is 4.98. The van der Waals surface area contributed by atoms with Crippen LogP contribution < -0.4 is 5.32 Å². The lowest BCUT2D eigenvalue weighted by Crippen LogP contribution is -2.39. The molecule has 2 fully saturated rings. The van der Waals surface area contributed by atoms with Crippen LogP contribution in [-0.2, 0) is 4.79 Å². The summed E-state index contributed by atoms with van der Waals surface area (Å²) in [5.41, 5.74) is 1.64. The summed E-state index contributed by atoms with van der Waals surface area (Å²) in [5, 5.41) is 19.2. The minimum absolute atomic E-state index is 0.0712. The molecule has 23 heavy (non-hydrogen) atoms. The van der Waals surface area contributed by atoms with E-state index in [1.165, 1.54) is 19.3 Å². The zero-order valence-electron chi connectivity index (χ0n) is 13.4. The van der Waals surface area contributed by atoms with Gasteiger partial charge in [-0.25, -0.2) is 0 Å². The molecule has 0 spiro atoms. The van der Waals surface area contributed by atoms with Crippen molar-refractivity contribution in [3.8, 4) is 0 Å². The maximum absolute atomic E-state index is 12.6. The predicted molar refractivity (Wildman–Crippen MR) is 85.3 cm³/mol. The van der Waals surface area contributed by atoms with Gasteiger partial charge in [-0.15, -0.1) is 0 Å². The van der Waals surface area contributed by atoms with E-state index in [4.69, 9.17) is 5.11 Å². The first kappa shape index (κ1) is 16.0. The summed E-state index contributed by atoms with van der Waals surface area (Å²) in [4.78, 5) is 23.6. The molecule has 6 heteroatoms. The smallest absolute Gasteiger partial charge is 0.306 e. The van der Waals surface area contributed by atoms with E-state index >= 15 is 0 Å². The Morgan fingerprint density at radius 3 is 2.43 bits per heavy atom. The quantitative estimate of drug-likeness (QED) is 0.795. The molecule has 0 bridgehead atoms. The van der Waals surface area contributed by atoms with Crippen molar-refractivity contribution in [2.24, 2.45) is 5.92 Å². The number of aromatic amines is 1. The first-order valence-corrected chi connectivity index (χ1v) is 8.72. The van der Waals surface area contributed by atoms with Gasteiger partial charge in [0.2, 0.25) is 0 Å². The monoisotopic (exact) mass is 319 g/mol. The Morgan fingerprint density at radius 2 is 1.78 bits per heavy atom. The zero-order chi connectivity index (χ0) is 16.2. The fraction of sp³-hybridized carbons (Fsp3) is 0.706. The van der Waals surface area contributed by atoms with Crippen LogP contribution in [-0.4, -0.2) is 33.2 Å². The lowest BCUT2D eigenvalue weighted by molar-refractivity contribution is -0.142. The molecule has 0 aliphatic heterocycles. The van der Waals surface area contributed by atoms with Crippen LogP contribution in [0.5, 0.6) is 0 Å². The molecule has 2 aliphatic carbocycles. The van der Waals surface area contributed by atoms with Gasteiger partial charge in [-0.1, -0.05) is 19.3 Å². The van der Waals surface area contributed by atoms with Crippen molar-refractivity contribution >= 4 is 11.9 Å². The number of hydrogen-bond acceptors (Lipinski definition) is 3. The molecule has 2 saturated carbocycles. The molecule has 3 rings (SSSR count). The molecular weight excluding hydrogens is 294 g/mol. The zero-order valence-corrected chi connectivity index (χ0v) is 13.4. The predicted octanol–water partition coefficient (Wildman–Crippen LogP) is 2.83. The number of amides is 1. The maximum atomic E-state index is 12.6. The number of hydrogen-bond donors (Lipinski definition) is 3. The second-order valence-electron chi connectivity index (χ2n) is 6.89. The van der Waals surface area contributed by atoms with Crippen LogP contribution in [0.15, 0.2) is 6.20 Å². The van der Waals surface area contributed by atoms with Crippen molar-refractivity contribution in [2.75, 3.05) is 0 Å². The highest BCUT2D eigenvalue weighted by atomic mass is 16.4. The molecule has 6 nitrogen and oxygen atoms in total. The normalized spacial score (nSPS) is 25.9. The van der Waals surface area contributed by atoms with E-state index in [1.807, 2.05) is 0 Å². The van der Waals surface area contributed by atoms with E-state index in [9.17, 15) is 9.59 Å². The molecule has 1 amide bonds. The third-order valence-electron chi connectivity index (χ3n) is 5.34. The Balaban J connectivity index is 1.59. The van der Waals surface area contributed by atoms with Gasteiger partial charge in [0.15, 0.2) is 0 Å². The van der Waals surface area contributed by atoms with E-state index in [0.717, 1.165) is 31.4 Å². The van der Waals surface area contributed by atoms with Crippen molar-refractivity contribution in [3.05, 3.63) is 17.5 Å². The SMILES string of the molecule is O=C(NC1CCC(C(=O)O)CC1)c1cn[nH]c1C1CCCCC1. The van der Waals surface area contributed by atoms with Gasteiger partial charge >= 0.3 is 5.97 Å². The Morgan fingerprint density at radius 1 is 1.09 bits per heavy atom. The standard InChI is InChI=1S/C17H25N3O3/c21-16(19-13-8-6-12(7-9-13)17(22)23)14-10-18-20-15(14)11-4-2-1-3-5-11/h10-13H,1-9H2,(H,18,20)(H,19,21)(H,22,23). The van der Waals surface area contributed by atoms with Gasteiger partial charge in [-0.3, -0.25) is 14.7 Å². The second kappa shape index (κ2) is 7.15. The fourth-order valence-electron chi connectivity index (χ4n) is 3.93. The third-order valence-corrected chi connectivity index (χ3v) is 5.34. The van der Waals surface area contributed by atoms with Crippen LogP contribution in [0.3, 0.4) is 0 Å². The van der Waals surface area contributed by atoms with E-state index in [-0.39, 0.29) is 17.9 Å². The highest BCUT2D eigenvalue weighted by Crippen LogP contribution is 2.33. The van der Waals surface area contributed by atoms with Crippen molar-refractivity contribution in [2.45, 2.75) is 69.7 Å². The number of carbonyl (C=O) groups excluding carboxylic acids is 1. The number of nitrogens with zero attached hydrogens (tertiary/aromatic N) is 1. The number of H-pyrrole nitrogens is 1. The highest BCUT2D eigenvalue weighted by molar-refractivity contribution is 5.95. The minimum atomic E-state index is -0.718. The average Bonchev–Trinajstić information content (AvgIpc) is 3.06. The number of aromatic nitrogens is 2. The number of aliphatic carboxylic acids is 1. The number of nitrogens with one attached hydrogen (secondary N) is 2. The summed E-state index contributed by atoms with van der Waals surface area (Å²) < 4.78 is 0. The molecule has 126 valence electrons. The lowest BCUT2D eigenvalue weighted by atomic mass is 9.85. The van der Waals surface area contributed by atoms with Gasteiger partial charge in [0.05, 0.1) is 23.4 Å². The highest BCUT2D eigenvalue weighted by Gasteiger charge is 2.28. The van der Waals surface area contributed by atoms with Crippen LogP contribution in [0, 0.1) is 5.92 Å². The Labute approximate surface area is 136 Å². The van der Waals surface area contributed by atoms with E-state index < -0.39 is 5.97 Å². The van der Waals surface area contributed by atoms with Crippen LogP contribution in [0.1, 0.15) is 79.8 Å². The van der Waals surface area contributed by atoms with E-state index in [1.54, 1.807) is 6.20 Å². The largest absolute Gasteiger partial charge is 0.481 e. The molecule has 1 aromatic rings. The number of carbonyl (C=O) groups is 2. The van der Waals surface area contributed by atoms with Crippen molar-refractivity contribution < 1.29 is 14.7 Å². The summed E-state index contributed by atoms with van der Waals surface area (Å²) in [7, 11) is 0. The molecule has 0 atom stereocenters. The fourth-order valence-corrected chi connectivity index (χ4v) is 3.93. The van der Waals surface area contributed by atoms with Crippen LogP contribution >= 0.6 is 0 Å². The van der Waals surface area contributed by atoms with Crippen molar-refractivity contribution in [3.63, 3.8) is 0 Å². The van der Waals surface area contributed by atoms with Gasteiger partial charge < -0.3 is 10.4 Å².